The van der Waals surface area contributed by atoms with Gasteiger partial charge in [-0.05, 0) is 25.7 Å². The first-order valence-electron chi connectivity index (χ1n) is 6.00. The quantitative estimate of drug-likeness (QED) is 0.556. The van der Waals surface area contributed by atoms with Crippen molar-refractivity contribution in [3.8, 4) is 0 Å². The van der Waals surface area contributed by atoms with Gasteiger partial charge >= 0.3 is 0 Å². The number of nitrogens with one attached hydrogen (secondary N) is 4. The van der Waals surface area contributed by atoms with Crippen molar-refractivity contribution in [2.45, 2.75) is 25.7 Å². The minimum Gasteiger partial charge on any atom is -0.550 e. The van der Waals surface area contributed by atoms with E-state index in [0.29, 0.717) is 12.8 Å². The molecular weight excluding hydrogens is 280 g/mol. The highest BCUT2D eigenvalue weighted by molar-refractivity contribution is 5.65. The van der Waals surface area contributed by atoms with Crippen molar-refractivity contribution in [2.24, 2.45) is 0 Å². The van der Waals surface area contributed by atoms with Crippen LogP contribution in [0.2, 0.25) is 0 Å². The van der Waals surface area contributed by atoms with Crippen molar-refractivity contribution in [1.29, 1.82) is 0 Å². The summed E-state index contributed by atoms with van der Waals surface area (Å²) in [6.07, 6.45) is 11.3. The van der Waals surface area contributed by atoms with Crippen LogP contribution in [0.4, 0.5) is 0 Å². The summed E-state index contributed by atoms with van der Waals surface area (Å²) in [5.41, 5.74) is 0. The number of unbranched alkanes of at least 4 members (excludes halogenated alkanes) is 1. The minimum absolute atomic E-state index is 0. The van der Waals surface area contributed by atoms with Gasteiger partial charge in [0.25, 0.3) is 0 Å². The van der Waals surface area contributed by atoms with E-state index in [1.807, 2.05) is 24.8 Å². The number of aliphatic carboxylic acids is 2. The summed E-state index contributed by atoms with van der Waals surface area (Å²) in [5.74, 6) is -2.28. The Hall–Kier alpha value is -2.68. The molecule has 0 spiro atoms. The van der Waals surface area contributed by atoms with Gasteiger partial charge in [0.05, 0.1) is 0 Å². The fraction of sp³-hybridized carbons (Fsp3) is 0.333. The maximum absolute atomic E-state index is 9.77. The lowest BCUT2D eigenvalue weighted by Gasteiger charge is -2.01. The summed E-state index contributed by atoms with van der Waals surface area (Å²) in [7, 11) is 0. The number of aromatic amines is 4. The molecular formula is C12H20N4O5. The fourth-order valence-corrected chi connectivity index (χ4v) is 1.02. The molecule has 2 aromatic rings. The molecule has 118 valence electrons. The lowest BCUT2D eigenvalue weighted by Crippen LogP contribution is -2.23. The van der Waals surface area contributed by atoms with Crippen LogP contribution in [-0.2, 0) is 9.59 Å². The second-order valence-electron chi connectivity index (χ2n) is 3.57. The standard InChI is InChI=1S/C6H10O4.2C3H4N2.H2O/c7-5(8)3-1-2-4-6(9)10;2*1-2-5-3-4-1;/h1-4H2,(H,7,8)(H,9,10);2*1-3H,(H,4,5);1H2. The number of carboxylic acids is 2. The zero-order valence-corrected chi connectivity index (χ0v) is 11.4. The Bertz CT molecular complexity index is 354. The number of rotatable bonds is 5. The Morgan fingerprint density at radius 2 is 1.24 bits per heavy atom. The number of carbonyl (C=O) groups is 2. The molecule has 2 heterocycles. The predicted octanol–water partition coefficient (Wildman–Crippen LogP) is -3.12. The predicted molar refractivity (Wildman–Crippen MR) is 66.8 cm³/mol. The van der Waals surface area contributed by atoms with Crippen LogP contribution in [0.5, 0.6) is 0 Å². The molecule has 0 aromatic carbocycles. The number of imidazole rings is 2. The van der Waals surface area contributed by atoms with Gasteiger partial charge in [0.2, 0.25) is 12.7 Å². The summed E-state index contributed by atoms with van der Waals surface area (Å²) < 4.78 is 0. The summed E-state index contributed by atoms with van der Waals surface area (Å²) in [4.78, 5) is 30.8. The van der Waals surface area contributed by atoms with Gasteiger partial charge in [0.15, 0.2) is 0 Å². The van der Waals surface area contributed by atoms with Crippen molar-refractivity contribution in [2.75, 3.05) is 0 Å². The van der Waals surface area contributed by atoms with E-state index < -0.39 is 11.9 Å². The van der Waals surface area contributed by atoms with Gasteiger partial charge in [-0.25, -0.2) is 0 Å². The zero-order chi connectivity index (χ0) is 15.1. The second kappa shape index (κ2) is 15.4. The molecule has 6 N–H and O–H groups in total. The third kappa shape index (κ3) is 19.8. The van der Waals surface area contributed by atoms with Gasteiger partial charge in [0, 0.05) is 11.9 Å². The molecule has 0 aliphatic carbocycles. The van der Waals surface area contributed by atoms with Crippen LogP contribution in [-0.4, -0.2) is 27.4 Å². The second-order valence-corrected chi connectivity index (χ2v) is 3.57. The average Bonchev–Trinajstić information content (AvgIpc) is 3.09. The van der Waals surface area contributed by atoms with Gasteiger partial charge in [-0.1, -0.05) is 0 Å². The smallest absolute Gasteiger partial charge is 0.239 e. The van der Waals surface area contributed by atoms with Crippen LogP contribution in [0, 0.1) is 0 Å². The average molecular weight is 300 g/mol. The first kappa shape index (κ1) is 20.6. The lowest BCUT2D eigenvalue weighted by molar-refractivity contribution is -0.376. The number of hydrogen-bond donors (Lipinski definition) is 2. The van der Waals surface area contributed by atoms with Crippen molar-refractivity contribution in [3.63, 3.8) is 0 Å². The molecule has 9 nitrogen and oxygen atoms in total. The summed E-state index contributed by atoms with van der Waals surface area (Å²) in [6, 6.07) is 0. The van der Waals surface area contributed by atoms with Crippen molar-refractivity contribution >= 4 is 11.9 Å². The van der Waals surface area contributed by atoms with Gasteiger partial charge in [0.1, 0.15) is 24.8 Å². The van der Waals surface area contributed by atoms with Crippen LogP contribution in [0.1, 0.15) is 25.7 Å². The topological polar surface area (TPSA) is 172 Å². The normalized spacial score (nSPS) is 8.19. The first-order chi connectivity index (χ1) is 9.63. The highest BCUT2D eigenvalue weighted by Gasteiger charge is 1.89. The highest BCUT2D eigenvalue weighted by atomic mass is 16.4. The SMILES string of the molecule is O.O=C([O-])CCCCC(=O)[O-].c1c[nH+]c[nH]1.c1c[nH+]c[nH]1. The highest BCUT2D eigenvalue weighted by Crippen LogP contribution is 1.96. The van der Waals surface area contributed by atoms with Crippen molar-refractivity contribution < 1.29 is 35.2 Å². The fourth-order valence-electron chi connectivity index (χ4n) is 1.02. The van der Waals surface area contributed by atoms with E-state index in [1.54, 1.807) is 12.7 Å². The molecule has 21 heavy (non-hydrogen) atoms. The molecule has 0 radical (unpaired) electrons. The van der Waals surface area contributed by atoms with E-state index in [4.69, 9.17) is 0 Å². The summed E-state index contributed by atoms with van der Waals surface area (Å²) >= 11 is 0. The molecule has 0 aliphatic heterocycles. The first-order valence-corrected chi connectivity index (χ1v) is 6.00. The van der Waals surface area contributed by atoms with Crippen LogP contribution < -0.4 is 20.2 Å². The Morgan fingerprint density at radius 1 is 0.857 bits per heavy atom. The van der Waals surface area contributed by atoms with Crippen LogP contribution in [0.15, 0.2) is 37.4 Å². The molecule has 0 aliphatic rings. The third-order valence-electron chi connectivity index (χ3n) is 1.90. The molecule has 0 bridgehead atoms. The maximum Gasteiger partial charge on any atom is 0.239 e. The van der Waals surface area contributed by atoms with Gasteiger partial charge in [-0.3, -0.25) is 19.9 Å². The molecule has 0 unspecified atom stereocenters. The molecule has 9 heteroatoms. The number of carbonyl (C=O) groups excluding carboxylic acids is 2. The lowest BCUT2D eigenvalue weighted by atomic mass is 10.2. The van der Waals surface area contributed by atoms with Crippen LogP contribution in [0.25, 0.3) is 0 Å². The number of hydrogen-bond acceptors (Lipinski definition) is 4. The third-order valence-corrected chi connectivity index (χ3v) is 1.90. The summed E-state index contributed by atoms with van der Waals surface area (Å²) in [5, 5.41) is 19.5. The van der Waals surface area contributed by atoms with Gasteiger partial charge in [-0.15, -0.1) is 0 Å². The molecule has 2 aromatic heterocycles. The van der Waals surface area contributed by atoms with Crippen molar-refractivity contribution in [3.05, 3.63) is 37.4 Å². The molecule has 0 atom stereocenters. The van der Waals surface area contributed by atoms with Gasteiger partial charge < -0.3 is 25.3 Å². The molecule has 0 amide bonds. The number of carboxylic acid groups (broad SMARTS) is 2. The Morgan fingerprint density at radius 3 is 1.38 bits per heavy atom. The monoisotopic (exact) mass is 300 g/mol. The Balaban J connectivity index is 0. The van der Waals surface area contributed by atoms with Crippen molar-refractivity contribution in [1.82, 2.24) is 9.97 Å². The zero-order valence-electron chi connectivity index (χ0n) is 11.4. The minimum atomic E-state index is -1.14. The largest absolute Gasteiger partial charge is 0.550 e. The molecule has 2 rings (SSSR count). The number of H-pyrrole nitrogens is 4. The van der Waals surface area contributed by atoms with E-state index in [9.17, 15) is 19.8 Å². The Kier molecular flexibility index (Phi) is 15.1. The van der Waals surface area contributed by atoms with E-state index in [2.05, 4.69) is 19.9 Å². The molecule has 0 saturated heterocycles. The van der Waals surface area contributed by atoms with Crippen LogP contribution in [0.3, 0.4) is 0 Å². The van der Waals surface area contributed by atoms with E-state index >= 15 is 0 Å². The number of aromatic nitrogens is 4. The van der Waals surface area contributed by atoms with E-state index in [0.717, 1.165) is 0 Å². The van der Waals surface area contributed by atoms with Crippen LogP contribution >= 0.6 is 0 Å². The van der Waals surface area contributed by atoms with E-state index in [-0.39, 0.29) is 18.3 Å². The molecule has 0 fully saturated rings. The Labute approximate surface area is 121 Å². The van der Waals surface area contributed by atoms with Gasteiger partial charge in [-0.2, -0.15) is 0 Å². The van der Waals surface area contributed by atoms with E-state index in [1.165, 1.54) is 0 Å². The molecule has 0 saturated carbocycles. The maximum atomic E-state index is 9.77. The summed E-state index contributed by atoms with van der Waals surface area (Å²) in [6.45, 7) is 0.